The van der Waals surface area contributed by atoms with E-state index < -0.39 is 5.95 Å². The number of nitrogens with zero attached hydrogens (tertiary/aromatic N) is 1. The third-order valence-electron chi connectivity index (χ3n) is 2.12. The van der Waals surface area contributed by atoms with E-state index in [0.29, 0.717) is 21.2 Å². The molecule has 0 saturated heterocycles. The summed E-state index contributed by atoms with van der Waals surface area (Å²) in [5, 5.41) is 0.945. The molecule has 2 nitrogen and oxygen atoms in total. The molecule has 0 aliphatic heterocycles. The van der Waals surface area contributed by atoms with E-state index in [2.05, 4.69) is 4.98 Å². The zero-order chi connectivity index (χ0) is 11.7. The van der Waals surface area contributed by atoms with Crippen LogP contribution in [0.2, 0.25) is 10.0 Å². The molecule has 0 aliphatic carbocycles. The third kappa shape index (κ3) is 1.96. The summed E-state index contributed by atoms with van der Waals surface area (Å²) in [4.78, 5) is 3.53. The van der Waals surface area contributed by atoms with E-state index in [0.717, 1.165) is 0 Å². The average molecular weight is 257 g/mol. The summed E-state index contributed by atoms with van der Waals surface area (Å²) >= 11 is 12.0. The number of pyridine rings is 1. The smallest absolute Gasteiger partial charge is 0.236 e. The molecule has 0 aliphatic rings. The minimum atomic E-state index is -0.702. The van der Waals surface area contributed by atoms with Gasteiger partial charge in [-0.3, -0.25) is 0 Å². The molecule has 1 aromatic heterocycles. The number of nitrogens with two attached hydrogens (primary N) is 1. The second-order valence-corrected chi connectivity index (χ2v) is 4.02. The van der Waals surface area contributed by atoms with Gasteiger partial charge in [-0.15, -0.1) is 0 Å². The van der Waals surface area contributed by atoms with E-state index in [1.165, 1.54) is 12.3 Å². The first-order valence-electron chi connectivity index (χ1n) is 4.45. The van der Waals surface area contributed by atoms with Crippen molar-refractivity contribution < 1.29 is 4.39 Å². The molecule has 0 radical (unpaired) electrons. The highest BCUT2D eigenvalue weighted by molar-refractivity contribution is 6.39. The number of benzene rings is 1. The van der Waals surface area contributed by atoms with Crippen LogP contribution in [-0.2, 0) is 0 Å². The number of hydrogen-bond acceptors (Lipinski definition) is 2. The molecule has 0 unspecified atom stereocenters. The van der Waals surface area contributed by atoms with Gasteiger partial charge in [0, 0.05) is 27.4 Å². The van der Waals surface area contributed by atoms with Crippen LogP contribution in [-0.4, -0.2) is 4.98 Å². The minimum absolute atomic E-state index is 0.0338. The van der Waals surface area contributed by atoms with Gasteiger partial charge in [0.2, 0.25) is 5.95 Å². The highest BCUT2D eigenvalue weighted by Gasteiger charge is 2.10. The molecule has 82 valence electrons. The Bertz CT molecular complexity index is 523. The standard InChI is InChI=1S/C11H7Cl2FN2/c12-7-2-1-3-8(13)10(7)6-4-9(15)11(14)16-5-6/h1-5H,15H2. The van der Waals surface area contributed by atoms with Gasteiger partial charge in [-0.2, -0.15) is 4.39 Å². The van der Waals surface area contributed by atoms with E-state index in [4.69, 9.17) is 28.9 Å². The predicted molar refractivity (Wildman–Crippen MR) is 64.1 cm³/mol. The fourth-order valence-corrected chi connectivity index (χ4v) is 1.99. The van der Waals surface area contributed by atoms with Crippen LogP contribution in [0.25, 0.3) is 11.1 Å². The first-order valence-corrected chi connectivity index (χ1v) is 5.20. The summed E-state index contributed by atoms with van der Waals surface area (Å²) in [5.74, 6) is -0.702. The van der Waals surface area contributed by atoms with E-state index in [1.807, 2.05) is 0 Å². The largest absolute Gasteiger partial charge is 0.395 e. The highest BCUT2D eigenvalue weighted by atomic mass is 35.5. The molecule has 2 aromatic rings. The number of hydrogen-bond donors (Lipinski definition) is 1. The van der Waals surface area contributed by atoms with Crippen molar-refractivity contribution in [3.05, 3.63) is 46.5 Å². The molecule has 0 fully saturated rings. The van der Waals surface area contributed by atoms with Gasteiger partial charge >= 0.3 is 0 Å². The molecule has 1 heterocycles. The number of halogens is 3. The number of aromatic nitrogens is 1. The van der Waals surface area contributed by atoms with Crippen molar-refractivity contribution in [1.82, 2.24) is 4.98 Å². The molecule has 0 amide bonds. The summed E-state index contributed by atoms with van der Waals surface area (Å²) in [7, 11) is 0. The van der Waals surface area contributed by atoms with E-state index in [-0.39, 0.29) is 5.69 Å². The van der Waals surface area contributed by atoms with Crippen molar-refractivity contribution in [2.75, 3.05) is 5.73 Å². The van der Waals surface area contributed by atoms with Crippen LogP contribution in [0.4, 0.5) is 10.1 Å². The van der Waals surface area contributed by atoms with Crippen molar-refractivity contribution in [3.8, 4) is 11.1 Å². The fourth-order valence-electron chi connectivity index (χ4n) is 1.38. The van der Waals surface area contributed by atoms with Crippen LogP contribution in [0, 0.1) is 5.95 Å². The summed E-state index contributed by atoms with van der Waals surface area (Å²) in [6, 6.07) is 6.58. The molecule has 0 atom stereocenters. The SMILES string of the molecule is Nc1cc(-c2c(Cl)cccc2Cl)cnc1F. The maximum Gasteiger partial charge on any atom is 0.236 e. The number of nitrogen functional groups attached to an aromatic ring is 1. The van der Waals surface area contributed by atoms with Crippen LogP contribution in [0.15, 0.2) is 30.5 Å². The lowest BCUT2D eigenvalue weighted by molar-refractivity contribution is 0.589. The normalized spacial score (nSPS) is 10.4. The zero-order valence-electron chi connectivity index (χ0n) is 8.05. The van der Waals surface area contributed by atoms with Crippen LogP contribution in [0.1, 0.15) is 0 Å². The summed E-state index contributed by atoms with van der Waals surface area (Å²) in [6.07, 6.45) is 1.35. The second-order valence-electron chi connectivity index (χ2n) is 3.20. The first-order chi connectivity index (χ1) is 7.59. The first kappa shape index (κ1) is 11.2. The van der Waals surface area contributed by atoms with Gasteiger partial charge in [0.05, 0.1) is 5.69 Å². The topological polar surface area (TPSA) is 38.9 Å². The average Bonchev–Trinajstić information content (AvgIpc) is 2.23. The summed E-state index contributed by atoms with van der Waals surface area (Å²) in [6.45, 7) is 0. The second kappa shape index (κ2) is 4.28. The zero-order valence-corrected chi connectivity index (χ0v) is 9.56. The van der Waals surface area contributed by atoms with Gasteiger partial charge in [-0.25, -0.2) is 4.98 Å². The molecule has 2 N–H and O–H groups in total. The van der Waals surface area contributed by atoms with Crippen molar-refractivity contribution in [2.45, 2.75) is 0 Å². The molecule has 5 heteroatoms. The van der Waals surface area contributed by atoms with Crippen molar-refractivity contribution >= 4 is 28.9 Å². The van der Waals surface area contributed by atoms with Gasteiger partial charge in [0.15, 0.2) is 0 Å². The van der Waals surface area contributed by atoms with Gasteiger partial charge < -0.3 is 5.73 Å². The molecule has 2 rings (SSSR count). The summed E-state index contributed by atoms with van der Waals surface area (Å²) in [5.41, 5.74) is 6.59. The molecule has 0 spiro atoms. The molecule has 0 bridgehead atoms. The predicted octanol–water partition coefficient (Wildman–Crippen LogP) is 3.78. The Labute approximate surface area is 102 Å². The molecule has 16 heavy (non-hydrogen) atoms. The Hall–Kier alpha value is -1.32. The van der Waals surface area contributed by atoms with Crippen molar-refractivity contribution in [3.63, 3.8) is 0 Å². The molecular weight excluding hydrogens is 250 g/mol. The molecular formula is C11H7Cl2FN2. The number of rotatable bonds is 1. The maximum absolute atomic E-state index is 12.9. The Morgan fingerprint density at radius 3 is 2.38 bits per heavy atom. The van der Waals surface area contributed by atoms with Crippen molar-refractivity contribution in [2.24, 2.45) is 0 Å². The van der Waals surface area contributed by atoms with Crippen LogP contribution in [0.5, 0.6) is 0 Å². The summed E-state index contributed by atoms with van der Waals surface area (Å²) < 4.78 is 12.9. The Kier molecular flexibility index (Phi) is 2.99. The highest BCUT2D eigenvalue weighted by Crippen LogP contribution is 2.34. The van der Waals surface area contributed by atoms with E-state index in [1.54, 1.807) is 18.2 Å². The lowest BCUT2D eigenvalue weighted by atomic mass is 10.1. The minimum Gasteiger partial charge on any atom is -0.395 e. The van der Waals surface area contributed by atoms with Crippen molar-refractivity contribution in [1.29, 1.82) is 0 Å². The van der Waals surface area contributed by atoms with E-state index in [9.17, 15) is 4.39 Å². The van der Waals surface area contributed by atoms with Gasteiger partial charge in [-0.1, -0.05) is 29.3 Å². The lowest BCUT2D eigenvalue weighted by Crippen LogP contribution is -1.94. The lowest BCUT2D eigenvalue weighted by Gasteiger charge is -2.07. The maximum atomic E-state index is 12.9. The fraction of sp³-hybridized carbons (Fsp3) is 0. The van der Waals surface area contributed by atoms with Crippen LogP contribution < -0.4 is 5.73 Å². The van der Waals surface area contributed by atoms with Crippen LogP contribution >= 0.6 is 23.2 Å². The Morgan fingerprint density at radius 1 is 1.19 bits per heavy atom. The monoisotopic (exact) mass is 256 g/mol. The van der Waals surface area contributed by atoms with Gasteiger partial charge in [-0.05, 0) is 18.2 Å². The van der Waals surface area contributed by atoms with Gasteiger partial charge in [0.25, 0.3) is 0 Å². The van der Waals surface area contributed by atoms with E-state index >= 15 is 0 Å². The van der Waals surface area contributed by atoms with Gasteiger partial charge in [0.1, 0.15) is 0 Å². The van der Waals surface area contributed by atoms with Crippen LogP contribution in [0.3, 0.4) is 0 Å². The molecule has 0 saturated carbocycles. The third-order valence-corrected chi connectivity index (χ3v) is 2.75. The Morgan fingerprint density at radius 2 is 1.81 bits per heavy atom. The number of anilines is 1. The quantitative estimate of drug-likeness (QED) is 0.789. The molecule has 1 aromatic carbocycles. The Balaban J connectivity index is 2.63.